The van der Waals surface area contributed by atoms with Gasteiger partial charge in [-0.3, -0.25) is 10.1 Å². The summed E-state index contributed by atoms with van der Waals surface area (Å²) in [6, 6.07) is 11.1. The van der Waals surface area contributed by atoms with Gasteiger partial charge in [-0.2, -0.15) is 13.2 Å². The zero-order chi connectivity index (χ0) is 25.8. The minimum Gasteiger partial charge on any atom is -0.490 e. The number of nitrogens with zero attached hydrogens (tertiary/aromatic N) is 1. The van der Waals surface area contributed by atoms with Crippen molar-refractivity contribution >= 4 is 28.9 Å². The highest BCUT2D eigenvalue weighted by Crippen LogP contribution is 2.43. The predicted octanol–water partition coefficient (Wildman–Crippen LogP) is 6.77. The Morgan fingerprint density at radius 2 is 1.89 bits per heavy atom. The van der Waals surface area contributed by atoms with Crippen molar-refractivity contribution in [1.82, 2.24) is 0 Å². The molecule has 0 aliphatic rings. The van der Waals surface area contributed by atoms with Gasteiger partial charge in [0.1, 0.15) is 0 Å². The first-order valence-corrected chi connectivity index (χ1v) is 10.4. The minimum absolute atomic E-state index is 0.00114. The molecule has 0 aliphatic heterocycles. The largest absolute Gasteiger partial charge is 0.490 e. The number of hydrogen-bond donors (Lipinski definition) is 2. The maximum Gasteiger partial charge on any atom is 0.416 e. The Kier molecular flexibility index (Phi) is 7.70. The molecule has 8 nitrogen and oxygen atoms in total. The maximum absolute atomic E-state index is 13.0. The molecule has 0 unspecified atom stereocenters. The van der Waals surface area contributed by atoms with Crippen LogP contribution in [0.1, 0.15) is 28.4 Å². The molecule has 3 rings (SSSR count). The summed E-state index contributed by atoms with van der Waals surface area (Å²) in [5, 5.41) is 23.5. The van der Waals surface area contributed by atoms with Crippen molar-refractivity contribution < 1.29 is 37.5 Å². The number of nitrogens with one attached hydrogen (secondary N) is 1. The lowest BCUT2D eigenvalue weighted by molar-refractivity contribution is -0.385. The SMILES string of the molecule is CCOc1cc(CNc2cccc(C(=O)O)c2)cc(Cl)c1Oc1ccc(C(F)(F)F)cc1[N+](=O)[O-]. The second kappa shape index (κ2) is 10.5. The molecule has 0 fully saturated rings. The first-order chi connectivity index (χ1) is 16.5. The third-order valence-corrected chi connectivity index (χ3v) is 4.95. The minimum atomic E-state index is -4.77. The van der Waals surface area contributed by atoms with E-state index in [1.807, 2.05) is 0 Å². The number of nitro groups is 1. The van der Waals surface area contributed by atoms with Gasteiger partial charge >= 0.3 is 17.8 Å². The number of ether oxygens (including phenoxy) is 2. The number of benzene rings is 3. The Bertz CT molecular complexity index is 1270. The first kappa shape index (κ1) is 25.6. The molecular formula is C23H18ClF3N2O6. The van der Waals surface area contributed by atoms with Gasteiger partial charge in [0.2, 0.25) is 5.75 Å². The molecular weight excluding hydrogens is 493 g/mol. The average Bonchev–Trinajstić information content (AvgIpc) is 2.79. The van der Waals surface area contributed by atoms with E-state index in [1.54, 1.807) is 25.1 Å². The van der Waals surface area contributed by atoms with E-state index >= 15 is 0 Å². The van der Waals surface area contributed by atoms with Crippen LogP contribution >= 0.6 is 11.6 Å². The Morgan fingerprint density at radius 1 is 1.14 bits per heavy atom. The number of rotatable bonds is 9. The number of halogens is 4. The molecule has 0 amide bonds. The van der Waals surface area contributed by atoms with Gasteiger partial charge in [0.15, 0.2) is 11.5 Å². The zero-order valence-electron chi connectivity index (χ0n) is 18.1. The molecule has 184 valence electrons. The molecule has 35 heavy (non-hydrogen) atoms. The highest BCUT2D eigenvalue weighted by atomic mass is 35.5. The summed E-state index contributed by atoms with van der Waals surface area (Å²) in [5.74, 6) is -1.50. The number of aromatic carboxylic acids is 1. The molecule has 0 saturated heterocycles. The second-order valence-electron chi connectivity index (χ2n) is 7.12. The molecule has 12 heteroatoms. The van der Waals surface area contributed by atoms with Crippen molar-refractivity contribution in [1.29, 1.82) is 0 Å². The summed E-state index contributed by atoms with van der Waals surface area (Å²) < 4.78 is 50.0. The average molecular weight is 511 g/mol. The zero-order valence-corrected chi connectivity index (χ0v) is 18.8. The quantitative estimate of drug-likeness (QED) is 0.241. The van der Waals surface area contributed by atoms with Crippen molar-refractivity contribution in [3.05, 3.63) is 86.4 Å². The van der Waals surface area contributed by atoms with Crippen LogP contribution in [0, 0.1) is 10.1 Å². The van der Waals surface area contributed by atoms with Crippen molar-refractivity contribution in [2.75, 3.05) is 11.9 Å². The molecule has 0 atom stereocenters. The topological polar surface area (TPSA) is 111 Å². The molecule has 0 radical (unpaired) electrons. The molecule has 0 aromatic heterocycles. The van der Waals surface area contributed by atoms with Crippen molar-refractivity contribution in [3.63, 3.8) is 0 Å². The number of carbonyl (C=O) groups is 1. The number of carboxylic acid groups (broad SMARTS) is 1. The summed E-state index contributed by atoms with van der Waals surface area (Å²) in [6.45, 7) is 2.07. The van der Waals surface area contributed by atoms with Crippen molar-refractivity contribution in [2.24, 2.45) is 0 Å². The third-order valence-electron chi connectivity index (χ3n) is 4.67. The van der Waals surface area contributed by atoms with Gasteiger partial charge in [-0.1, -0.05) is 17.7 Å². The highest BCUT2D eigenvalue weighted by molar-refractivity contribution is 6.32. The summed E-state index contributed by atoms with van der Waals surface area (Å²) in [6.07, 6.45) is -4.77. The van der Waals surface area contributed by atoms with E-state index in [4.69, 9.17) is 26.2 Å². The number of alkyl halides is 3. The standard InChI is InChI=1S/C23H18ClF3N2O6/c1-2-34-20-9-13(12-28-16-5-3-4-14(10-16)22(30)31)8-17(24)21(20)35-19-7-6-15(23(25,26)27)11-18(19)29(32)33/h3-11,28H,2,12H2,1H3,(H,30,31). The molecule has 0 aliphatic carbocycles. The van der Waals surface area contributed by atoms with Gasteiger partial charge in [-0.05, 0) is 55.0 Å². The summed E-state index contributed by atoms with van der Waals surface area (Å²) in [7, 11) is 0. The van der Waals surface area contributed by atoms with Gasteiger partial charge in [0.05, 0.1) is 27.7 Å². The summed E-state index contributed by atoms with van der Waals surface area (Å²) in [4.78, 5) is 21.5. The van der Waals surface area contributed by atoms with E-state index in [2.05, 4.69) is 5.32 Å². The Balaban J connectivity index is 1.91. The number of anilines is 1. The first-order valence-electron chi connectivity index (χ1n) is 10.1. The van der Waals surface area contributed by atoms with Crippen LogP contribution in [-0.4, -0.2) is 22.6 Å². The fraction of sp³-hybridized carbons (Fsp3) is 0.174. The number of carboxylic acids is 1. The normalized spacial score (nSPS) is 11.1. The van der Waals surface area contributed by atoms with Crippen LogP contribution in [0.2, 0.25) is 5.02 Å². The van der Waals surface area contributed by atoms with E-state index in [1.165, 1.54) is 18.2 Å². The van der Waals surface area contributed by atoms with E-state index < -0.39 is 34.1 Å². The second-order valence-corrected chi connectivity index (χ2v) is 7.52. The van der Waals surface area contributed by atoms with Gasteiger partial charge in [-0.25, -0.2) is 4.79 Å². The smallest absolute Gasteiger partial charge is 0.416 e. The van der Waals surface area contributed by atoms with E-state index in [0.29, 0.717) is 23.4 Å². The highest BCUT2D eigenvalue weighted by Gasteiger charge is 2.33. The van der Waals surface area contributed by atoms with Gasteiger partial charge in [0, 0.05) is 18.3 Å². The van der Waals surface area contributed by atoms with Crippen LogP contribution in [0.25, 0.3) is 0 Å². The maximum atomic E-state index is 13.0. The molecule has 0 heterocycles. The fourth-order valence-corrected chi connectivity index (χ4v) is 3.36. The van der Waals surface area contributed by atoms with Crippen LogP contribution in [-0.2, 0) is 12.7 Å². The Morgan fingerprint density at radius 3 is 2.51 bits per heavy atom. The molecule has 3 aromatic rings. The van der Waals surface area contributed by atoms with Crippen molar-refractivity contribution in [3.8, 4) is 17.2 Å². The lowest BCUT2D eigenvalue weighted by atomic mass is 10.1. The van der Waals surface area contributed by atoms with E-state index in [-0.39, 0.29) is 35.2 Å². The van der Waals surface area contributed by atoms with Gasteiger partial charge in [-0.15, -0.1) is 0 Å². The molecule has 0 saturated carbocycles. The Labute approximate surface area is 202 Å². The van der Waals surface area contributed by atoms with Crippen LogP contribution in [0.15, 0.2) is 54.6 Å². The molecule has 0 bridgehead atoms. The number of hydrogen-bond acceptors (Lipinski definition) is 6. The van der Waals surface area contributed by atoms with Crippen LogP contribution in [0.5, 0.6) is 17.2 Å². The van der Waals surface area contributed by atoms with Gasteiger partial charge in [0.25, 0.3) is 0 Å². The molecule has 0 spiro atoms. The van der Waals surface area contributed by atoms with Crippen molar-refractivity contribution in [2.45, 2.75) is 19.6 Å². The summed E-state index contributed by atoms with van der Waals surface area (Å²) >= 11 is 6.34. The fourth-order valence-electron chi connectivity index (χ4n) is 3.08. The van der Waals surface area contributed by atoms with E-state index in [9.17, 15) is 28.1 Å². The predicted molar refractivity (Wildman–Crippen MR) is 122 cm³/mol. The van der Waals surface area contributed by atoms with Crippen LogP contribution in [0.3, 0.4) is 0 Å². The summed E-state index contributed by atoms with van der Waals surface area (Å²) in [5.41, 5.74) is -0.832. The lowest BCUT2D eigenvalue weighted by Gasteiger charge is -2.16. The van der Waals surface area contributed by atoms with Gasteiger partial charge < -0.3 is 19.9 Å². The third kappa shape index (κ3) is 6.33. The monoisotopic (exact) mass is 510 g/mol. The molecule has 3 aromatic carbocycles. The van der Waals surface area contributed by atoms with Crippen LogP contribution < -0.4 is 14.8 Å². The van der Waals surface area contributed by atoms with Crippen LogP contribution in [0.4, 0.5) is 24.5 Å². The Hall–Kier alpha value is -3.99. The lowest BCUT2D eigenvalue weighted by Crippen LogP contribution is -2.06. The van der Waals surface area contributed by atoms with E-state index in [0.717, 1.165) is 6.07 Å². The molecule has 2 N–H and O–H groups in total. The number of nitro benzene ring substituents is 1.